The maximum Gasteiger partial charge on any atom is 0.339 e. The van der Waals surface area contributed by atoms with Crippen LogP contribution >= 0.6 is 15.9 Å². The molecular weight excluding hydrogens is 246 g/mol. The van der Waals surface area contributed by atoms with Crippen molar-refractivity contribution in [3.63, 3.8) is 0 Å². The zero-order valence-corrected chi connectivity index (χ0v) is 9.11. The molecule has 0 N–H and O–H groups in total. The molecule has 0 spiro atoms. The first-order valence-corrected chi connectivity index (χ1v) is 4.85. The molecule has 0 amide bonds. The number of esters is 1. The average Bonchev–Trinajstić information content (AvgIpc) is 2.59. The van der Waals surface area contributed by atoms with E-state index < -0.39 is 0 Å². The van der Waals surface area contributed by atoms with Gasteiger partial charge in [-0.3, -0.25) is 0 Å². The highest BCUT2D eigenvalue weighted by molar-refractivity contribution is 9.10. The van der Waals surface area contributed by atoms with Gasteiger partial charge in [-0.2, -0.15) is 0 Å². The number of nitrogens with zero attached hydrogens (tertiary/aromatic N) is 1. The molecule has 0 saturated heterocycles. The number of pyridine rings is 1. The molecule has 0 saturated carbocycles. The maximum atomic E-state index is 11.2. The fraction of sp³-hybridized carbons (Fsp3) is 0.100. The molecule has 0 unspecified atom stereocenters. The van der Waals surface area contributed by atoms with E-state index in [2.05, 4.69) is 20.7 Å². The summed E-state index contributed by atoms with van der Waals surface area (Å²) in [6.07, 6.45) is 3.63. The molecule has 0 aliphatic rings. The highest BCUT2D eigenvalue weighted by atomic mass is 79.9. The maximum absolute atomic E-state index is 11.2. The highest BCUT2D eigenvalue weighted by Crippen LogP contribution is 2.15. The van der Waals surface area contributed by atoms with Crippen LogP contribution in [0, 0.1) is 0 Å². The van der Waals surface area contributed by atoms with E-state index in [1.54, 1.807) is 12.3 Å². The van der Waals surface area contributed by atoms with Crippen LogP contribution in [-0.2, 0) is 4.74 Å². The lowest BCUT2D eigenvalue weighted by Gasteiger charge is -1.93. The number of aromatic nitrogens is 1. The predicted molar refractivity (Wildman–Crippen MR) is 56.4 cm³/mol. The molecule has 2 rings (SSSR count). The van der Waals surface area contributed by atoms with Gasteiger partial charge in [0.25, 0.3) is 0 Å². The van der Waals surface area contributed by atoms with Crippen molar-refractivity contribution in [2.75, 3.05) is 7.11 Å². The van der Waals surface area contributed by atoms with Crippen LogP contribution in [0.15, 0.2) is 35.1 Å². The van der Waals surface area contributed by atoms with Crippen LogP contribution in [0.3, 0.4) is 0 Å². The molecule has 0 bridgehead atoms. The molecule has 2 aromatic heterocycles. The van der Waals surface area contributed by atoms with Crippen LogP contribution in [0.25, 0.3) is 5.52 Å². The quantitative estimate of drug-likeness (QED) is 0.732. The number of fused-ring (bicyclic) bond motifs is 1. The number of methoxy groups -OCH3 is 1. The summed E-state index contributed by atoms with van der Waals surface area (Å²) < 4.78 is 7.47. The second-order valence-corrected chi connectivity index (χ2v) is 3.82. The van der Waals surface area contributed by atoms with Crippen LogP contribution < -0.4 is 0 Å². The Labute approximate surface area is 89.4 Å². The lowest BCUT2D eigenvalue weighted by molar-refractivity contribution is 0.0601. The fourth-order valence-corrected chi connectivity index (χ4v) is 1.66. The zero-order valence-electron chi connectivity index (χ0n) is 7.53. The Morgan fingerprint density at radius 1 is 1.43 bits per heavy atom. The van der Waals surface area contributed by atoms with Crippen molar-refractivity contribution >= 4 is 27.4 Å². The third-order valence-corrected chi connectivity index (χ3v) is 2.45. The molecule has 72 valence electrons. The van der Waals surface area contributed by atoms with Crippen molar-refractivity contribution < 1.29 is 9.53 Å². The monoisotopic (exact) mass is 253 g/mol. The molecule has 0 fully saturated rings. The van der Waals surface area contributed by atoms with Crippen molar-refractivity contribution in [1.29, 1.82) is 0 Å². The number of rotatable bonds is 1. The second kappa shape index (κ2) is 3.46. The Bertz CT molecular complexity index is 490. The summed E-state index contributed by atoms with van der Waals surface area (Å²) in [4.78, 5) is 11.2. The normalized spacial score (nSPS) is 10.4. The molecular formula is C10H8BrNO2. The largest absolute Gasteiger partial charge is 0.465 e. The van der Waals surface area contributed by atoms with Crippen LogP contribution in [0.1, 0.15) is 10.4 Å². The van der Waals surface area contributed by atoms with Crippen molar-refractivity contribution in [2.45, 2.75) is 0 Å². The van der Waals surface area contributed by atoms with E-state index in [4.69, 9.17) is 0 Å². The molecule has 0 aliphatic carbocycles. The van der Waals surface area contributed by atoms with Crippen LogP contribution in [0.2, 0.25) is 0 Å². The number of carbonyl (C=O) groups is 1. The van der Waals surface area contributed by atoms with Crippen molar-refractivity contribution in [1.82, 2.24) is 4.40 Å². The number of hydrogen-bond acceptors (Lipinski definition) is 2. The van der Waals surface area contributed by atoms with E-state index in [1.165, 1.54) is 7.11 Å². The second-order valence-electron chi connectivity index (χ2n) is 2.90. The Kier molecular flexibility index (Phi) is 2.29. The Hall–Kier alpha value is -1.29. The Balaban J connectivity index is 2.56. The smallest absolute Gasteiger partial charge is 0.339 e. The number of ether oxygens (including phenoxy) is 1. The zero-order chi connectivity index (χ0) is 10.1. The van der Waals surface area contributed by atoms with Crippen molar-refractivity contribution in [2.24, 2.45) is 0 Å². The van der Waals surface area contributed by atoms with Gasteiger partial charge in [0.2, 0.25) is 0 Å². The number of hydrogen-bond donors (Lipinski definition) is 0. The summed E-state index contributed by atoms with van der Waals surface area (Å²) in [6, 6.07) is 5.64. The third-order valence-electron chi connectivity index (χ3n) is 1.98. The summed E-state index contributed by atoms with van der Waals surface area (Å²) in [5.41, 5.74) is 1.53. The van der Waals surface area contributed by atoms with Gasteiger partial charge < -0.3 is 9.14 Å². The summed E-state index contributed by atoms with van der Waals surface area (Å²) >= 11 is 3.36. The predicted octanol–water partition coefficient (Wildman–Crippen LogP) is 2.49. The van der Waals surface area contributed by atoms with Gasteiger partial charge in [-0.15, -0.1) is 0 Å². The van der Waals surface area contributed by atoms with Crippen LogP contribution in [0.5, 0.6) is 0 Å². The molecule has 4 heteroatoms. The third kappa shape index (κ3) is 1.53. The number of halogens is 1. The molecule has 2 heterocycles. The molecule has 2 aromatic rings. The first-order chi connectivity index (χ1) is 6.70. The minimum Gasteiger partial charge on any atom is -0.465 e. The number of carbonyl (C=O) groups excluding carboxylic acids is 1. The minimum absolute atomic E-state index is 0.315. The van der Waals surface area contributed by atoms with Gasteiger partial charge in [-0.1, -0.05) is 0 Å². The summed E-state index contributed by atoms with van der Waals surface area (Å²) in [7, 11) is 1.38. The molecule has 3 nitrogen and oxygen atoms in total. The van der Waals surface area contributed by atoms with Gasteiger partial charge in [0, 0.05) is 22.4 Å². The van der Waals surface area contributed by atoms with Crippen molar-refractivity contribution in [3.05, 3.63) is 40.6 Å². The topological polar surface area (TPSA) is 30.7 Å². The van der Waals surface area contributed by atoms with E-state index >= 15 is 0 Å². The average molecular weight is 254 g/mol. The fourth-order valence-electron chi connectivity index (χ4n) is 1.31. The van der Waals surface area contributed by atoms with Gasteiger partial charge >= 0.3 is 5.97 Å². The van der Waals surface area contributed by atoms with Gasteiger partial charge in [-0.05, 0) is 34.1 Å². The van der Waals surface area contributed by atoms with Gasteiger partial charge in [0.05, 0.1) is 12.7 Å². The molecule has 14 heavy (non-hydrogen) atoms. The van der Waals surface area contributed by atoms with Crippen molar-refractivity contribution in [3.8, 4) is 0 Å². The summed E-state index contributed by atoms with van der Waals surface area (Å²) in [5.74, 6) is -0.315. The van der Waals surface area contributed by atoms with E-state index in [0.29, 0.717) is 5.56 Å². The lowest BCUT2D eigenvalue weighted by Crippen LogP contribution is -1.98. The van der Waals surface area contributed by atoms with E-state index in [0.717, 1.165) is 9.99 Å². The lowest BCUT2D eigenvalue weighted by atomic mass is 10.3. The highest BCUT2D eigenvalue weighted by Gasteiger charge is 2.07. The van der Waals surface area contributed by atoms with Crippen LogP contribution in [0.4, 0.5) is 0 Å². The molecule has 0 aliphatic heterocycles. The van der Waals surface area contributed by atoms with E-state index in [-0.39, 0.29) is 5.97 Å². The van der Waals surface area contributed by atoms with E-state index in [9.17, 15) is 4.79 Å². The van der Waals surface area contributed by atoms with Gasteiger partial charge in [0.15, 0.2) is 0 Å². The summed E-state index contributed by atoms with van der Waals surface area (Å²) in [5, 5.41) is 0. The van der Waals surface area contributed by atoms with Gasteiger partial charge in [-0.25, -0.2) is 4.79 Å². The molecule has 0 atom stereocenters. The van der Waals surface area contributed by atoms with Gasteiger partial charge in [0.1, 0.15) is 0 Å². The molecule has 0 radical (unpaired) electrons. The Morgan fingerprint density at radius 2 is 2.21 bits per heavy atom. The molecule has 0 aromatic carbocycles. The first kappa shape index (κ1) is 9.27. The minimum atomic E-state index is -0.315. The Morgan fingerprint density at radius 3 is 2.93 bits per heavy atom. The van der Waals surface area contributed by atoms with E-state index in [1.807, 2.05) is 22.7 Å². The standard InChI is InChI=1S/C10H8BrNO2/c1-14-10(13)7-4-9-3-2-8(11)6-12(9)5-7/h2-6H,1H3. The summed E-state index contributed by atoms with van der Waals surface area (Å²) in [6.45, 7) is 0. The SMILES string of the molecule is COC(=O)c1cc2ccc(Br)cn2c1. The van der Waals surface area contributed by atoms with Crippen LogP contribution in [-0.4, -0.2) is 17.5 Å². The first-order valence-electron chi connectivity index (χ1n) is 4.06.